The molecule has 1 aromatic heterocycles. The molecule has 0 saturated heterocycles. The number of aryl methyl sites for hydroxylation is 1. The summed E-state index contributed by atoms with van der Waals surface area (Å²) in [7, 11) is 0. The number of benzene rings is 1. The first kappa shape index (κ1) is 17.7. The van der Waals surface area contributed by atoms with Crippen LogP contribution in [-0.2, 0) is 9.53 Å². The van der Waals surface area contributed by atoms with Crippen molar-refractivity contribution >= 4 is 17.6 Å². The molecule has 2 rings (SSSR count). The summed E-state index contributed by atoms with van der Waals surface area (Å²) < 4.78 is 5.23. The number of para-hydroxylation sites is 1. The second-order valence-corrected chi connectivity index (χ2v) is 5.97. The van der Waals surface area contributed by atoms with Crippen molar-refractivity contribution in [2.24, 2.45) is 0 Å². The van der Waals surface area contributed by atoms with Crippen LogP contribution in [0.2, 0.25) is 0 Å². The lowest BCUT2D eigenvalue weighted by Crippen LogP contribution is -2.30. The van der Waals surface area contributed by atoms with Crippen molar-refractivity contribution in [3.05, 3.63) is 59.4 Å². The monoisotopic (exact) mass is 326 g/mol. The Kier molecular flexibility index (Phi) is 5.68. The highest BCUT2D eigenvalue weighted by molar-refractivity contribution is 5.98. The summed E-state index contributed by atoms with van der Waals surface area (Å²) in [4.78, 5) is 28.3. The summed E-state index contributed by atoms with van der Waals surface area (Å²) in [5, 5.41) is 2.89. The second kappa shape index (κ2) is 7.73. The van der Waals surface area contributed by atoms with Crippen LogP contribution < -0.4 is 5.32 Å². The van der Waals surface area contributed by atoms with Crippen molar-refractivity contribution in [2.75, 3.05) is 5.32 Å². The number of carbonyl (C=O) groups is 2. The van der Waals surface area contributed by atoms with Crippen LogP contribution in [0.5, 0.6) is 0 Å². The lowest BCUT2D eigenvalue weighted by molar-refractivity contribution is -0.123. The predicted octanol–water partition coefficient (Wildman–Crippen LogP) is 3.70. The van der Waals surface area contributed by atoms with E-state index < -0.39 is 12.1 Å². The van der Waals surface area contributed by atoms with E-state index in [1.807, 2.05) is 25.1 Å². The van der Waals surface area contributed by atoms with Crippen LogP contribution in [0.3, 0.4) is 0 Å². The maximum Gasteiger partial charge on any atom is 0.339 e. The van der Waals surface area contributed by atoms with Crippen molar-refractivity contribution in [3.63, 3.8) is 0 Å². The SMILES string of the molecule is Cc1cccc(C(C)C)c1NC(=O)[C@H](C)OC(=O)c1ccncc1. The number of pyridine rings is 1. The molecule has 5 heteroatoms. The molecule has 0 spiro atoms. The molecule has 0 aliphatic rings. The lowest BCUT2D eigenvalue weighted by atomic mass is 9.98. The van der Waals surface area contributed by atoms with Gasteiger partial charge in [0.2, 0.25) is 0 Å². The molecule has 126 valence electrons. The Morgan fingerprint density at radius 2 is 1.75 bits per heavy atom. The third kappa shape index (κ3) is 4.19. The van der Waals surface area contributed by atoms with Crippen LogP contribution in [0.4, 0.5) is 5.69 Å². The summed E-state index contributed by atoms with van der Waals surface area (Å²) in [6.07, 6.45) is 2.11. The van der Waals surface area contributed by atoms with Crippen LogP contribution in [0.15, 0.2) is 42.7 Å². The number of esters is 1. The fourth-order valence-electron chi connectivity index (χ4n) is 2.34. The van der Waals surface area contributed by atoms with Crippen LogP contribution in [0.1, 0.15) is 48.2 Å². The summed E-state index contributed by atoms with van der Waals surface area (Å²) in [5.74, 6) is -0.627. The van der Waals surface area contributed by atoms with Crippen molar-refractivity contribution in [1.82, 2.24) is 4.98 Å². The molecule has 1 amide bonds. The quantitative estimate of drug-likeness (QED) is 0.851. The first-order valence-corrected chi connectivity index (χ1v) is 7.91. The number of anilines is 1. The van der Waals surface area contributed by atoms with E-state index in [0.29, 0.717) is 5.56 Å². The predicted molar refractivity (Wildman–Crippen MR) is 93.0 cm³/mol. The fourth-order valence-corrected chi connectivity index (χ4v) is 2.34. The van der Waals surface area contributed by atoms with Crippen molar-refractivity contribution in [1.29, 1.82) is 0 Å². The molecule has 0 saturated carbocycles. The van der Waals surface area contributed by atoms with E-state index in [9.17, 15) is 9.59 Å². The summed E-state index contributed by atoms with van der Waals surface area (Å²) in [5.41, 5.74) is 3.17. The Bertz CT molecular complexity index is 727. The van der Waals surface area contributed by atoms with Gasteiger partial charge in [-0.15, -0.1) is 0 Å². The topological polar surface area (TPSA) is 68.3 Å². The van der Waals surface area contributed by atoms with Crippen LogP contribution >= 0.6 is 0 Å². The summed E-state index contributed by atoms with van der Waals surface area (Å²) in [6.45, 7) is 7.63. The van der Waals surface area contributed by atoms with E-state index in [4.69, 9.17) is 4.74 Å². The average molecular weight is 326 g/mol. The van der Waals surface area contributed by atoms with Gasteiger partial charge in [0, 0.05) is 18.1 Å². The molecular formula is C19H22N2O3. The van der Waals surface area contributed by atoms with Gasteiger partial charge in [0.1, 0.15) is 0 Å². The minimum atomic E-state index is -0.898. The minimum absolute atomic E-state index is 0.273. The molecule has 2 aromatic rings. The number of nitrogens with zero attached hydrogens (tertiary/aromatic N) is 1. The van der Waals surface area contributed by atoms with Gasteiger partial charge < -0.3 is 10.1 Å². The number of carbonyl (C=O) groups excluding carboxylic acids is 2. The van der Waals surface area contributed by atoms with E-state index in [-0.39, 0.29) is 11.8 Å². The Balaban J connectivity index is 2.09. The van der Waals surface area contributed by atoms with E-state index in [0.717, 1.165) is 16.8 Å². The van der Waals surface area contributed by atoms with E-state index in [1.165, 1.54) is 12.4 Å². The number of hydrogen-bond acceptors (Lipinski definition) is 4. The molecule has 0 radical (unpaired) electrons. The van der Waals surface area contributed by atoms with Gasteiger partial charge in [0.15, 0.2) is 6.10 Å². The molecule has 0 aliphatic carbocycles. The average Bonchev–Trinajstić information content (AvgIpc) is 2.57. The standard InChI is InChI=1S/C19H22N2O3/c1-12(2)16-7-5-6-13(3)17(16)21-18(22)14(4)24-19(23)15-8-10-20-11-9-15/h5-12,14H,1-4H3,(H,21,22)/t14-/m0/s1. The maximum absolute atomic E-state index is 12.4. The third-order valence-electron chi connectivity index (χ3n) is 3.74. The number of aromatic nitrogens is 1. The van der Waals surface area contributed by atoms with Crippen LogP contribution in [0, 0.1) is 6.92 Å². The van der Waals surface area contributed by atoms with Gasteiger partial charge in [-0.2, -0.15) is 0 Å². The van der Waals surface area contributed by atoms with Gasteiger partial charge in [-0.1, -0.05) is 32.0 Å². The maximum atomic E-state index is 12.4. The highest BCUT2D eigenvalue weighted by Crippen LogP contribution is 2.27. The van der Waals surface area contributed by atoms with Crippen LogP contribution in [-0.4, -0.2) is 23.0 Å². The van der Waals surface area contributed by atoms with Gasteiger partial charge in [-0.3, -0.25) is 9.78 Å². The molecule has 24 heavy (non-hydrogen) atoms. The number of ether oxygens (including phenoxy) is 1. The Hall–Kier alpha value is -2.69. The highest BCUT2D eigenvalue weighted by Gasteiger charge is 2.21. The molecule has 1 atom stereocenters. The third-order valence-corrected chi connectivity index (χ3v) is 3.74. The van der Waals surface area contributed by atoms with Crippen molar-refractivity contribution < 1.29 is 14.3 Å². The zero-order valence-electron chi connectivity index (χ0n) is 14.4. The van der Waals surface area contributed by atoms with Crippen molar-refractivity contribution in [2.45, 2.75) is 39.7 Å². The Morgan fingerprint density at radius 1 is 1.08 bits per heavy atom. The van der Waals surface area contributed by atoms with E-state index >= 15 is 0 Å². The number of hydrogen-bond donors (Lipinski definition) is 1. The van der Waals surface area contributed by atoms with Gasteiger partial charge in [-0.05, 0) is 43.0 Å². The first-order valence-electron chi connectivity index (χ1n) is 7.91. The molecule has 0 unspecified atom stereocenters. The molecule has 1 aromatic carbocycles. The van der Waals surface area contributed by atoms with Gasteiger partial charge >= 0.3 is 5.97 Å². The molecule has 1 N–H and O–H groups in total. The second-order valence-electron chi connectivity index (χ2n) is 5.97. The van der Waals surface area contributed by atoms with Crippen molar-refractivity contribution in [3.8, 4) is 0 Å². The number of rotatable bonds is 5. The molecule has 0 bridgehead atoms. The fraction of sp³-hybridized carbons (Fsp3) is 0.316. The molecular weight excluding hydrogens is 304 g/mol. The Morgan fingerprint density at radius 3 is 2.38 bits per heavy atom. The molecule has 0 aliphatic heterocycles. The largest absolute Gasteiger partial charge is 0.449 e. The Labute approximate surface area is 142 Å². The van der Waals surface area contributed by atoms with Gasteiger partial charge in [-0.25, -0.2) is 4.79 Å². The molecule has 0 fully saturated rings. The minimum Gasteiger partial charge on any atom is -0.449 e. The lowest BCUT2D eigenvalue weighted by Gasteiger charge is -2.19. The van der Waals surface area contributed by atoms with Gasteiger partial charge in [0.05, 0.1) is 5.56 Å². The molecule has 5 nitrogen and oxygen atoms in total. The zero-order valence-corrected chi connectivity index (χ0v) is 14.4. The summed E-state index contributed by atoms with van der Waals surface area (Å²) in [6, 6.07) is 8.99. The molecule has 1 heterocycles. The highest BCUT2D eigenvalue weighted by atomic mass is 16.5. The first-order chi connectivity index (χ1) is 11.4. The van der Waals surface area contributed by atoms with Crippen LogP contribution in [0.25, 0.3) is 0 Å². The summed E-state index contributed by atoms with van der Waals surface area (Å²) >= 11 is 0. The van der Waals surface area contributed by atoms with Gasteiger partial charge in [0.25, 0.3) is 5.91 Å². The number of amides is 1. The van der Waals surface area contributed by atoms with E-state index in [2.05, 4.69) is 24.1 Å². The number of nitrogens with one attached hydrogen (secondary N) is 1. The van der Waals surface area contributed by atoms with E-state index in [1.54, 1.807) is 19.1 Å². The normalized spacial score (nSPS) is 11.9. The zero-order chi connectivity index (χ0) is 17.7. The smallest absolute Gasteiger partial charge is 0.339 e.